The average molecular weight is 197 g/mol. The third-order valence-electron chi connectivity index (χ3n) is 1.98. The van der Waals surface area contributed by atoms with Gasteiger partial charge in [0.05, 0.1) is 11.8 Å². The molecule has 0 spiro atoms. The van der Waals surface area contributed by atoms with Gasteiger partial charge in [0.1, 0.15) is 0 Å². The number of hydrogen-bond acceptors (Lipinski definition) is 3. The Morgan fingerprint density at radius 2 is 2.14 bits per heavy atom. The van der Waals surface area contributed by atoms with Crippen molar-refractivity contribution in [3.05, 3.63) is 17.5 Å². The smallest absolute Gasteiger partial charge is 0.0813 e. The van der Waals surface area contributed by atoms with Crippen LogP contribution < -0.4 is 5.48 Å². The molecule has 0 amide bonds. The number of aryl methyl sites for hydroxylation is 1. The fourth-order valence-corrected chi connectivity index (χ4v) is 1.05. The molecule has 1 aromatic rings. The molecule has 0 fully saturated rings. The minimum Gasteiger partial charge on any atom is -0.296 e. The maximum absolute atomic E-state index is 5.41. The van der Waals surface area contributed by atoms with Gasteiger partial charge in [-0.25, -0.2) is 0 Å². The van der Waals surface area contributed by atoms with Gasteiger partial charge in [0.15, 0.2) is 0 Å². The molecule has 1 rings (SSSR count). The van der Waals surface area contributed by atoms with Gasteiger partial charge >= 0.3 is 0 Å². The first-order chi connectivity index (χ1) is 6.40. The van der Waals surface area contributed by atoms with Crippen LogP contribution in [0, 0.1) is 6.92 Å². The third kappa shape index (κ3) is 3.12. The fourth-order valence-electron chi connectivity index (χ4n) is 1.05. The number of hydroxylamine groups is 1. The van der Waals surface area contributed by atoms with Crippen LogP contribution in [0.4, 0.5) is 0 Å². The Hall–Kier alpha value is -0.870. The van der Waals surface area contributed by atoms with Crippen molar-refractivity contribution in [3.63, 3.8) is 0 Å². The SMILES string of the molecule is Cc1c(CNOC(C)(C)C)cnn1C. The van der Waals surface area contributed by atoms with Gasteiger partial charge in [0.25, 0.3) is 0 Å². The molecule has 0 unspecified atom stereocenters. The first kappa shape index (κ1) is 11.2. The van der Waals surface area contributed by atoms with E-state index in [0.717, 1.165) is 11.3 Å². The van der Waals surface area contributed by atoms with Crippen molar-refractivity contribution in [2.45, 2.75) is 39.8 Å². The summed E-state index contributed by atoms with van der Waals surface area (Å²) in [6.07, 6.45) is 1.86. The zero-order chi connectivity index (χ0) is 10.8. The highest BCUT2D eigenvalue weighted by Gasteiger charge is 2.10. The summed E-state index contributed by atoms with van der Waals surface area (Å²) in [7, 11) is 1.93. The Kier molecular flexibility index (Phi) is 3.29. The summed E-state index contributed by atoms with van der Waals surface area (Å²) in [5, 5.41) is 4.15. The van der Waals surface area contributed by atoms with Crippen LogP contribution in [0.2, 0.25) is 0 Å². The van der Waals surface area contributed by atoms with E-state index in [1.807, 2.05) is 45.6 Å². The standard InChI is InChI=1S/C10H19N3O/c1-8-9(6-11-13(8)5)7-12-14-10(2,3)4/h6,12H,7H2,1-5H3. The lowest BCUT2D eigenvalue weighted by molar-refractivity contribution is -0.0758. The Balaban J connectivity index is 2.43. The zero-order valence-electron chi connectivity index (χ0n) is 9.59. The van der Waals surface area contributed by atoms with E-state index in [4.69, 9.17) is 4.84 Å². The van der Waals surface area contributed by atoms with E-state index in [9.17, 15) is 0 Å². The molecule has 0 bridgehead atoms. The Labute approximate surface area is 85.2 Å². The molecular formula is C10H19N3O. The van der Waals surface area contributed by atoms with Crippen molar-refractivity contribution >= 4 is 0 Å². The van der Waals surface area contributed by atoms with E-state index in [2.05, 4.69) is 10.6 Å². The minimum absolute atomic E-state index is 0.157. The summed E-state index contributed by atoms with van der Waals surface area (Å²) in [5.41, 5.74) is 5.11. The predicted octanol–water partition coefficient (Wildman–Crippen LogP) is 1.55. The Bertz CT molecular complexity index is 299. The molecule has 1 heterocycles. The highest BCUT2D eigenvalue weighted by molar-refractivity contribution is 5.14. The van der Waals surface area contributed by atoms with Crippen molar-refractivity contribution in [2.24, 2.45) is 7.05 Å². The molecular weight excluding hydrogens is 178 g/mol. The molecule has 0 saturated heterocycles. The molecule has 0 aliphatic heterocycles. The topological polar surface area (TPSA) is 39.1 Å². The van der Waals surface area contributed by atoms with E-state index in [-0.39, 0.29) is 5.60 Å². The normalized spacial score (nSPS) is 12.1. The molecule has 4 nitrogen and oxygen atoms in total. The van der Waals surface area contributed by atoms with Gasteiger partial charge in [0, 0.05) is 24.8 Å². The summed E-state index contributed by atoms with van der Waals surface area (Å²) >= 11 is 0. The van der Waals surface area contributed by atoms with Gasteiger partial charge < -0.3 is 0 Å². The highest BCUT2D eigenvalue weighted by Crippen LogP contribution is 2.07. The second-order valence-electron chi connectivity index (χ2n) is 4.41. The monoisotopic (exact) mass is 197 g/mol. The van der Waals surface area contributed by atoms with Crippen LogP contribution in [-0.2, 0) is 18.4 Å². The zero-order valence-corrected chi connectivity index (χ0v) is 9.59. The first-order valence-corrected chi connectivity index (χ1v) is 4.78. The molecule has 4 heteroatoms. The average Bonchev–Trinajstić information content (AvgIpc) is 2.33. The number of nitrogens with zero attached hydrogens (tertiary/aromatic N) is 2. The lowest BCUT2D eigenvalue weighted by Gasteiger charge is -2.19. The molecule has 80 valence electrons. The predicted molar refractivity (Wildman–Crippen MR) is 55.6 cm³/mol. The van der Waals surface area contributed by atoms with E-state index in [1.54, 1.807) is 0 Å². The summed E-state index contributed by atoms with van der Waals surface area (Å²) in [6, 6.07) is 0. The lowest BCUT2D eigenvalue weighted by atomic mass is 10.2. The Morgan fingerprint density at radius 1 is 1.50 bits per heavy atom. The van der Waals surface area contributed by atoms with Gasteiger partial charge in [-0.15, -0.1) is 0 Å². The molecule has 0 aliphatic carbocycles. The highest BCUT2D eigenvalue weighted by atomic mass is 16.7. The van der Waals surface area contributed by atoms with Gasteiger partial charge in [-0.3, -0.25) is 9.52 Å². The van der Waals surface area contributed by atoms with Gasteiger partial charge in [-0.1, -0.05) is 0 Å². The van der Waals surface area contributed by atoms with Crippen LogP contribution in [0.1, 0.15) is 32.0 Å². The minimum atomic E-state index is -0.157. The van der Waals surface area contributed by atoms with Crippen LogP contribution in [0.3, 0.4) is 0 Å². The third-order valence-corrected chi connectivity index (χ3v) is 1.98. The van der Waals surface area contributed by atoms with Crippen molar-refractivity contribution in [2.75, 3.05) is 0 Å². The second-order valence-corrected chi connectivity index (χ2v) is 4.41. The molecule has 1 aromatic heterocycles. The number of nitrogens with one attached hydrogen (secondary N) is 1. The van der Waals surface area contributed by atoms with E-state index < -0.39 is 0 Å². The van der Waals surface area contributed by atoms with Crippen LogP contribution >= 0.6 is 0 Å². The van der Waals surface area contributed by atoms with Crippen molar-refractivity contribution in [1.29, 1.82) is 0 Å². The number of hydrogen-bond donors (Lipinski definition) is 1. The van der Waals surface area contributed by atoms with Gasteiger partial charge in [0.2, 0.25) is 0 Å². The quantitative estimate of drug-likeness (QED) is 0.747. The summed E-state index contributed by atoms with van der Waals surface area (Å²) < 4.78 is 1.86. The number of rotatable bonds is 3. The number of aromatic nitrogens is 2. The van der Waals surface area contributed by atoms with E-state index in [0.29, 0.717) is 6.54 Å². The summed E-state index contributed by atoms with van der Waals surface area (Å²) in [5.74, 6) is 0. The van der Waals surface area contributed by atoms with Crippen molar-refractivity contribution in [3.8, 4) is 0 Å². The second kappa shape index (κ2) is 4.11. The molecule has 1 N–H and O–H groups in total. The first-order valence-electron chi connectivity index (χ1n) is 4.78. The largest absolute Gasteiger partial charge is 0.296 e. The maximum Gasteiger partial charge on any atom is 0.0813 e. The molecule has 0 aromatic carbocycles. The molecule has 0 radical (unpaired) electrons. The van der Waals surface area contributed by atoms with Crippen molar-refractivity contribution < 1.29 is 4.84 Å². The molecule has 14 heavy (non-hydrogen) atoms. The van der Waals surface area contributed by atoms with Crippen LogP contribution in [-0.4, -0.2) is 15.4 Å². The Morgan fingerprint density at radius 3 is 2.57 bits per heavy atom. The lowest BCUT2D eigenvalue weighted by Crippen LogP contribution is -2.28. The van der Waals surface area contributed by atoms with E-state index in [1.165, 1.54) is 0 Å². The van der Waals surface area contributed by atoms with Crippen LogP contribution in [0.25, 0.3) is 0 Å². The maximum atomic E-state index is 5.41. The van der Waals surface area contributed by atoms with Crippen LogP contribution in [0.5, 0.6) is 0 Å². The van der Waals surface area contributed by atoms with Gasteiger partial charge in [-0.2, -0.15) is 10.6 Å². The summed E-state index contributed by atoms with van der Waals surface area (Å²) in [6.45, 7) is 8.76. The summed E-state index contributed by atoms with van der Waals surface area (Å²) in [4.78, 5) is 5.41. The molecule has 0 aliphatic rings. The van der Waals surface area contributed by atoms with Crippen molar-refractivity contribution in [1.82, 2.24) is 15.3 Å². The van der Waals surface area contributed by atoms with E-state index >= 15 is 0 Å². The molecule has 0 saturated carbocycles. The van der Waals surface area contributed by atoms with Crippen LogP contribution in [0.15, 0.2) is 6.20 Å². The fraction of sp³-hybridized carbons (Fsp3) is 0.700. The van der Waals surface area contributed by atoms with Gasteiger partial charge in [-0.05, 0) is 27.7 Å². The molecule has 0 atom stereocenters.